The van der Waals surface area contributed by atoms with Gasteiger partial charge in [-0.2, -0.15) is 10.4 Å². The van der Waals surface area contributed by atoms with Crippen molar-refractivity contribution in [3.05, 3.63) is 64.5 Å². The molecule has 3 aromatic rings. The molecule has 4 rings (SSSR count). The highest BCUT2D eigenvalue weighted by Crippen LogP contribution is 2.38. The summed E-state index contributed by atoms with van der Waals surface area (Å²) in [5.74, 6) is -0.606. The van der Waals surface area contributed by atoms with Gasteiger partial charge in [-0.3, -0.25) is 9.48 Å². The summed E-state index contributed by atoms with van der Waals surface area (Å²) < 4.78 is 17.8. The molecule has 2 aromatic heterocycles. The maximum atomic E-state index is 14.3. The summed E-state index contributed by atoms with van der Waals surface area (Å²) in [5, 5.41) is 23.0. The second kappa shape index (κ2) is 7.49. The highest BCUT2D eigenvalue weighted by Gasteiger charge is 2.23. The third-order valence-corrected chi connectivity index (χ3v) is 5.18. The van der Waals surface area contributed by atoms with E-state index < -0.39 is 5.82 Å². The number of halogens is 1. The first-order valence-electron chi connectivity index (χ1n) is 9.28. The lowest BCUT2D eigenvalue weighted by Gasteiger charge is -2.18. The van der Waals surface area contributed by atoms with Crippen LogP contribution in [0.4, 0.5) is 4.39 Å². The lowest BCUT2D eigenvalue weighted by molar-refractivity contribution is 0.111. The number of nitriles is 1. The Balaban J connectivity index is 1.93. The maximum absolute atomic E-state index is 14.3. The topological polar surface area (TPSA) is 83.8 Å². The third kappa shape index (κ3) is 3.28. The molecule has 7 heteroatoms. The van der Waals surface area contributed by atoms with E-state index in [0.29, 0.717) is 23.2 Å². The average Bonchev–Trinajstić information content (AvgIpc) is 3.26. The number of aldehydes is 1. The van der Waals surface area contributed by atoms with Gasteiger partial charge >= 0.3 is 0 Å². The summed E-state index contributed by atoms with van der Waals surface area (Å²) in [6.45, 7) is 0.120. The first-order valence-corrected chi connectivity index (χ1v) is 9.28. The van der Waals surface area contributed by atoms with Crippen molar-refractivity contribution in [2.24, 2.45) is 7.05 Å². The van der Waals surface area contributed by atoms with Crippen molar-refractivity contribution >= 4 is 17.9 Å². The van der Waals surface area contributed by atoms with Crippen LogP contribution in [-0.4, -0.2) is 32.3 Å². The Morgan fingerprint density at radius 3 is 2.86 bits per heavy atom. The van der Waals surface area contributed by atoms with Gasteiger partial charge in [-0.1, -0.05) is 6.07 Å². The van der Waals surface area contributed by atoms with E-state index in [1.165, 1.54) is 12.1 Å². The fraction of sp³-hybridized carbons (Fsp3) is 0.227. The highest BCUT2D eigenvalue weighted by atomic mass is 19.1. The molecule has 0 aliphatic heterocycles. The minimum absolute atomic E-state index is 0.0300. The molecule has 0 atom stereocenters. The number of aliphatic hydroxyl groups is 1. The van der Waals surface area contributed by atoms with Crippen LogP contribution in [0.5, 0.6) is 0 Å². The molecule has 1 N–H and O–H groups in total. The first-order chi connectivity index (χ1) is 14.0. The highest BCUT2D eigenvalue weighted by molar-refractivity contribution is 5.92. The van der Waals surface area contributed by atoms with E-state index >= 15 is 0 Å². The molecule has 6 nitrogen and oxygen atoms in total. The van der Waals surface area contributed by atoms with E-state index in [1.54, 1.807) is 21.4 Å². The molecular formula is C22H19FN4O2. The summed E-state index contributed by atoms with van der Waals surface area (Å²) in [5.41, 5.74) is 5.45. The number of benzene rings is 1. The smallest absolute Gasteiger partial charge is 0.166 e. The number of nitrogens with zero attached hydrogens (tertiary/aromatic N) is 4. The Bertz CT molecular complexity index is 1180. The maximum Gasteiger partial charge on any atom is 0.166 e. The molecule has 0 bridgehead atoms. The Labute approximate surface area is 167 Å². The van der Waals surface area contributed by atoms with Gasteiger partial charge in [-0.25, -0.2) is 4.39 Å². The minimum Gasteiger partial charge on any atom is -0.395 e. The Morgan fingerprint density at radius 2 is 2.17 bits per heavy atom. The monoisotopic (exact) mass is 390 g/mol. The van der Waals surface area contributed by atoms with Gasteiger partial charge < -0.3 is 9.67 Å². The second-order valence-electron chi connectivity index (χ2n) is 7.01. The van der Waals surface area contributed by atoms with Gasteiger partial charge in [-0.15, -0.1) is 0 Å². The molecule has 0 saturated carbocycles. The van der Waals surface area contributed by atoms with E-state index in [4.69, 9.17) is 5.26 Å². The molecule has 0 fully saturated rings. The fourth-order valence-electron chi connectivity index (χ4n) is 3.91. The fourth-order valence-corrected chi connectivity index (χ4v) is 3.91. The molecule has 0 radical (unpaired) electrons. The predicted octanol–water partition coefficient (Wildman–Crippen LogP) is 3.19. The average molecular weight is 390 g/mol. The quantitative estimate of drug-likeness (QED) is 0.678. The molecule has 2 heterocycles. The van der Waals surface area contributed by atoms with Gasteiger partial charge in [0.25, 0.3) is 0 Å². The summed E-state index contributed by atoms with van der Waals surface area (Å²) in [4.78, 5) is 11.7. The number of aromatic nitrogens is 3. The van der Waals surface area contributed by atoms with Gasteiger partial charge in [0.2, 0.25) is 0 Å². The lowest BCUT2D eigenvalue weighted by Crippen LogP contribution is -2.11. The van der Waals surface area contributed by atoms with E-state index in [1.807, 2.05) is 25.4 Å². The van der Waals surface area contributed by atoms with Gasteiger partial charge in [0.15, 0.2) is 6.29 Å². The van der Waals surface area contributed by atoms with Gasteiger partial charge in [0.05, 0.1) is 29.3 Å². The van der Waals surface area contributed by atoms with Crippen LogP contribution >= 0.6 is 0 Å². The number of aliphatic hydroxyl groups excluding tert-OH is 1. The van der Waals surface area contributed by atoms with E-state index in [9.17, 15) is 14.3 Å². The third-order valence-electron chi connectivity index (χ3n) is 5.18. The largest absolute Gasteiger partial charge is 0.395 e. The normalized spacial score (nSPS) is 13.0. The summed E-state index contributed by atoms with van der Waals surface area (Å²) in [6.07, 6.45) is 6.18. The van der Waals surface area contributed by atoms with Gasteiger partial charge in [-0.05, 0) is 48.3 Å². The standard InChI is InChI=1S/C22H19FN4O2/c1-26-12-17-8-15(4-5-21(17)25-26)22-19(10-18(13-29)27(22)6-7-28)14-2-3-16(11-24)20(23)9-14/h2-3,8-10,12-13,28H,4-7H2,1H3. The summed E-state index contributed by atoms with van der Waals surface area (Å²) in [6, 6.07) is 7.96. The molecule has 146 valence electrons. The number of hydrogen-bond acceptors (Lipinski definition) is 4. The number of fused-ring (bicyclic) bond motifs is 1. The second-order valence-corrected chi connectivity index (χ2v) is 7.01. The SMILES string of the molecule is Cn1cc2c(n1)CCC(c1c(-c3ccc(C#N)c(F)c3)cc(C=O)n1CCO)=C2. The Morgan fingerprint density at radius 1 is 1.34 bits per heavy atom. The van der Waals surface area contributed by atoms with Gasteiger partial charge in [0.1, 0.15) is 11.9 Å². The Hall–Kier alpha value is -3.50. The van der Waals surface area contributed by atoms with E-state index in [-0.39, 0.29) is 18.7 Å². The van der Waals surface area contributed by atoms with Crippen LogP contribution in [0.1, 0.15) is 39.4 Å². The molecule has 0 amide bonds. The summed E-state index contributed by atoms with van der Waals surface area (Å²) in [7, 11) is 1.87. The summed E-state index contributed by atoms with van der Waals surface area (Å²) >= 11 is 0. The van der Waals surface area contributed by atoms with Crippen molar-refractivity contribution in [3.63, 3.8) is 0 Å². The first kappa shape index (κ1) is 18.8. The van der Waals surface area contributed by atoms with Crippen molar-refractivity contribution in [1.29, 1.82) is 5.26 Å². The number of aryl methyl sites for hydroxylation is 2. The van der Waals surface area contributed by atoms with E-state index in [2.05, 4.69) is 5.10 Å². The molecular weight excluding hydrogens is 371 g/mol. The van der Waals surface area contributed by atoms with Crippen molar-refractivity contribution in [2.45, 2.75) is 19.4 Å². The van der Waals surface area contributed by atoms with Crippen LogP contribution in [0.15, 0.2) is 30.5 Å². The molecule has 29 heavy (non-hydrogen) atoms. The molecule has 1 aliphatic carbocycles. The molecule has 0 spiro atoms. The van der Waals surface area contributed by atoms with Crippen LogP contribution in [0.3, 0.4) is 0 Å². The van der Waals surface area contributed by atoms with Crippen molar-refractivity contribution in [2.75, 3.05) is 6.61 Å². The van der Waals surface area contributed by atoms with Crippen molar-refractivity contribution in [1.82, 2.24) is 14.3 Å². The number of rotatable bonds is 5. The van der Waals surface area contributed by atoms with Crippen molar-refractivity contribution in [3.8, 4) is 17.2 Å². The van der Waals surface area contributed by atoms with Crippen LogP contribution in [-0.2, 0) is 20.0 Å². The van der Waals surface area contributed by atoms with Gasteiger partial charge in [0, 0.05) is 30.9 Å². The predicted molar refractivity (Wildman–Crippen MR) is 106 cm³/mol. The molecule has 1 aromatic carbocycles. The minimum atomic E-state index is -0.606. The zero-order chi connectivity index (χ0) is 20.5. The number of allylic oxidation sites excluding steroid dienone is 1. The van der Waals surface area contributed by atoms with Crippen LogP contribution in [0, 0.1) is 17.1 Å². The van der Waals surface area contributed by atoms with Crippen molar-refractivity contribution < 1.29 is 14.3 Å². The Kier molecular flexibility index (Phi) is 4.87. The number of carbonyl (C=O) groups is 1. The zero-order valence-electron chi connectivity index (χ0n) is 15.9. The van der Waals surface area contributed by atoms with Crippen LogP contribution in [0.2, 0.25) is 0 Å². The molecule has 1 aliphatic rings. The number of hydrogen-bond donors (Lipinski definition) is 1. The van der Waals surface area contributed by atoms with E-state index in [0.717, 1.165) is 35.2 Å². The zero-order valence-corrected chi connectivity index (χ0v) is 15.9. The van der Waals surface area contributed by atoms with Crippen LogP contribution < -0.4 is 0 Å². The van der Waals surface area contributed by atoms with Crippen LogP contribution in [0.25, 0.3) is 22.8 Å². The lowest BCUT2D eigenvalue weighted by atomic mass is 9.92. The molecule has 0 unspecified atom stereocenters. The molecule has 0 saturated heterocycles. The number of carbonyl (C=O) groups excluding carboxylic acids is 1.